The van der Waals surface area contributed by atoms with Gasteiger partial charge >= 0.3 is 5.97 Å². The van der Waals surface area contributed by atoms with Gasteiger partial charge in [-0.1, -0.05) is 28.1 Å². The van der Waals surface area contributed by atoms with E-state index in [1.807, 2.05) is 24.3 Å². The molecule has 0 amide bonds. The van der Waals surface area contributed by atoms with E-state index in [-0.39, 0.29) is 6.42 Å². The summed E-state index contributed by atoms with van der Waals surface area (Å²) in [7, 11) is 0. The van der Waals surface area contributed by atoms with E-state index in [0.717, 1.165) is 10.0 Å². The zero-order chi connectivity index (χ0) is 12.4. The van der Waals surface area contributed by atoms with Crippen LogP contribution in [0, 0.1) is 0 Å². The first-order valence-electron chi connectivity index (χ1n) is 4.78. The van der Waals surface area contributed by atoms with Gasteiger partial charge in [0.15, 0.2) is 0 Å². The summed E-state index contributed by atoms with van der Waals surface area (Å²) >= 11 is 6.72. The molecule has 0 atom stereocenters. The summed E-state index contributed by atoms with van der Waals surface area (Å²) < 4.78 is 1.68. The van der Waals surface area contributed by atoms with Crippen LogP contribution in [0.4, 0.5) is 0 Å². The molecule has 0 bridgehead atoms. The average molecular weight is 360 g/mol. The summed E-state index contributed by atoms with van der Waals surface area (Å²) in [5, 5.41) is 15.6. The summed E-state index contributed by atoms with van der Waals surface area (Å²) in [6.07, 6.45) is -0.0793. The summed E-state index contributed by atoms with van der Waals surface area (Å²) in [5.41, 5.74) is 2.21. The van der Waals surface area contributed by atoms with Gasteiger partial charge < -0.3 is 5.11 Å². The number of carboxylic acid groups (broad SMARTS) is 1. The predicted octanol–water partition coefficient (Wildman–Crippen LogP) is 3.23. The van der Waals surface area contributed by atoms with Crippen molar-refractivity contribution < 1.29 is 9.90 Å². The Labute approximate surface area is 114 Å². The van der Waals surface area contributed by atoms with Crippen LogP contribution >= 0.6 is 31.9 Å². The van der Waals surface area contributed by atoms with Gasteiger partial charge in [-0.05, 0) is 28.1 Å². The van der Waals surface area contributed by atoms with E-state index in [4.69, 9.17) is 5.11 Å². The Morgan fingerprint density at radius 3 is 2.53 bits per heavy atom. The van der Waals surface area contributed by atoms with Crippen LogP contribution in [0.5, 0.6) is 0 Å². The van der Waals surface area contributed by atoms with E-state index < -0.39 is 5.97 Å². The van der Waals surface area contributed by atoms with E-state index >= 15 is 0 Å². The number of aromatic nitrogens is 2. The number of hydrogen-bond donors (Lipinski definition) is 2. The second kappa shape index (κ2) is 5.01. The second-order valence-corrected chi connectivity index (χ2v) is 5.15. The van der Waals surface area contributed by atoms with Gasteiger partial charge in [0.2, 0.25) is 0 Å². The Morgan fingerprint density at radius 2 is 1.94 bits per heavy atom. The molecule has 0 unspecified atom stereocenters. The number of carbonyl (C=O) groups is 1. The number of carboxylic acids is 1. The van der Waals surface area contributed by atoms with E-state index in [9.17, 15) is 4.79 Å². The van der Waals surface area contributed by atoms with Crippen molar-refractivity contribution in [3.05, 3.63) is 38.9 Å². The molecule has 0 aliphatic rings. The fourth-order valence-corrected chi connectivity index (χ4v) is 2.24. The normalized spacial score (nSPS) is 10.5. The maximum Gasteiger partial charge on any atom is 0.309 e. The first-order valence-corrected chi connectivity index (χ1v) is 6.37. The highest BCUT2D eigenvalue weighted by Gasteiger charge is 2.14. The lowest BCUT2D eigenvalue weighted by molar-refractivity contribution is -0.136. The van der Waals surface area contributed by atoms with Crippen molar-refractivity contribution in [2.75, 3.05) is 0 Å². The fourth-order valence-electron chi connectivity index (χ4n) is 1.43. The maximum atomic E-state index is 10.6. The van der Waals surface area contributed by atoms with Crippen LogP contribution in [-0.2, 0) is 11.2 Å². The van der Waals surface area contributed by atoms with Crippen molar-refractivity contribution in [1.29, 1.82) is 0 Å². The zero-order valence-electron chi connectivity index (χ0n) is 8.58. The minimum atomic E-state index is -0.892. The number of nitrogens with zero attached hydrogens (tertiary/aromatic N) is 1. The smallest absolute Gasteiger partial charge is 0.309 e. The molecule has 0 spiro atoms. The molecule has 1 heterocycles. The van der Waals surface area contributed by atoms with Gasteiger partial charge in [0.25, 0.3) is 0 Å². The summed E-state index contributed by atoms with van der Waals surface area (Å²) in [6.45, 7) is 0. The molecule has 2 rings (SSSR count). The Hall–Kier alpha value is -1.14. The number of benzene rings is 1. The van der Waals surface area contributed by atoms with Crippen molar-refractivity contribution in [3.63, 3.8) is 0 Å². The molecule has 2 aromatic rings. The monoisotopic (exact) mass is 358 g/mol. The van der Waals surface area contributed by atoms with Crippen LogP contribution in [0.25, 0.3) is 11.3 Å². The number of halogens is 2. The number of H-pyrrole nitrogens is 1. The standard InChI is InChI=1S/C11H8Br2N2O2/c12-7-3-1-6(2-4-7)11-10(13)8(14-15-11)5-9(16)17/h1-4H,5H2,(H,14,15)(H,16,17). The van der Waals surface area contributed by atoms with Crippen LogP contribution in [0.3, 0.4) is 0 Å². The predicted molar refractivity (Wildman–Crippen MR) is 70.8 cm³/mol. The van der Waals surface area contributed by atoms with Gasteiger partial charge in [-0.3, -0.25) is 9.89 Å². The van der Waals surface area contributed by atoms with Gasteiger partial charge in [-0.15, -0.1) is 0 Å². The van der Waals surface area contributed by atoms with Gasteiger partial charge in [0.1, 0.15) is 5.69 Å². The quantitative estimate of drug-likeness (QED) is 0.884. The average Bonchev–Trinajstić information content (AvgIpc) is 2.61. The SMILES string of the molecule is O=C(O)Cc1[nH]nc(-c2ccc(Br)cc2)c1Br. The third kappa shape index (κ3) is 2.76. The molecule has 4 nitrogen and oxygen atoms in total. The highest BCUT2D eigenvalue weighted by Crippen LogP contribution is 2.29. The van der Waals surface area contributed by atoms with Crippen molar-refractivity contribution in [2.45, 2.75) is 6.42 Å². The Morgan fingerprint density at radius 1 is 1.29 bits per heavy atom. The molecule has 0 aliphatic heterocycles. The lowest BCUT2D eigenvalue weighted by Crippen LogP contribution is -2.00. The molecule has 2 N–H and O–H groups in total. The molecule has 0 aliphatic carbocycles. The summed E-state index contributed by atoms with van der Waals surface area (Å²) in [6, 6.07) is 7.64. The third-order valence-electron chi connectivity index (χ3n) is 2.22. The van der Waals surface area contributed by atoms with Crippen molar-refractivity contribution in [3.8, 4) is 11.3 Å². The number of nitrogens with one attached hydrogen (secondary N) is 1. The Kier molecular flexibility index (Phi) is 3.63. The highest BCUT2D eigenvalue weighted by atomic mass is 79.9. The van der Waals surface area contributed by atoms with E-state index in [1.165, 1.54) is 0 Å². The van der Waals surface area contributed by atoms with Crippen LogP contribution < -0.4 is 0 Å². The van der Waals surface area contributed by atoms with Crippen LogP contribution in [0.2, 0.25) is 0 Å². The third-order valence-corrected chi connectivity index (χ3v) is 3.60. The summed E-state index contributed by atoms with van der Waals surface area (Å²) in [4.78, 5) is 10.6. The molecule has 1 aromatic heterocycles. The number of aliphatic carboxylic acids is 1. The Balaban J connectivity index is 2.37. The molecule has 1 aromatic carbocycles. The molecule has 0 saturated carbocycles. The second-order valence-electron chi connectivity index (χ2n) is 3.44. The first kappa shape index (κ1) is 12.3. The molecule has 6 heteroatoms. The van der Waals surface area contributed by atoms with E-state index in [1.54, 1.807) is 0 Å². The number of aromatic amines is 1. The highest BCUT2D eigenvalue weighted by molar-refractivity contribution is 9.10. The van der Waals surface area contributed by atoms with Crippen LogP contribution in [0.15, 0.2) is 33.2 Å². The first-order chi connectivity index (χ1) is 8.08. The molecule has 0 fully saturated rings. The van der Waals surface area contributed by atoms with Gasteiger partial charge in [-0.2, -0.15) is 5.10 Å². The van der Waals surface area contributed by atoms with E-state index in [0.29, 0.717) is 15.9 Å². The van der Waals surface area contributed by atoms with Crippen LogP contribution in [-0.4, -0.2) is 21.3 Å². The lowest BCUT2D eigenvalue weighted by atomic mass is 10.1. The molecule has 88 valence electrons. The van der Waals surface area contributed by atoms with Crippen molar-refractivity contribution >= 4 is 37.8 Å². The maximum absolute atomic E-state index is 10.6. The Bertz CT molecular complexity index is 549. The number of rotatable bonds is 3. The van der Waals surface area contributed by atoms with Crippen molar-refractivity contribution in [2.24, 2.45) is 0 Å². The molecule has 17 heavy (non-hydrogen) atoms. The largest absolute Gasteiger partial charge is 0.481 e. The van der Waals surface area contributed by atoms with Gasteiger partial charge in [0, 0.05) is 10.0 Å². The minimum Gasteiger partial charge on any atom is -0.481 e. The topological polar surface area (TPSA) is 66.0 Å². The molecular weight excluding hydrogens is 352 g/mol. The minimum absolute atomic E-state index is 0.0793. The molecule has 0 radical (unpaired) electrons. The number of hydrogen-bond acceptors (Lipinski definition) is 2. The van der Waals surface area contributed by atoms with Gasteiger partial charge in [0.05, 0.1) is 16.6 Å². The zero-order valence-corrected chi connectivity index (χ0v) is 11.7. The van der Waals surface area contributed by atoms with Crippen LogP contribution in [0.1, 0.15) is 5.69 Å². The van der Waals surface area contributed by atoms with E-state index in [2.05, 4.69) is 42.1 Å². The lowest BCUT2D eigenvalue weighted by Gasteiger charge is -1.98. The van der Waals surface area contributed by atoms with Gasteiger partial charge in [-0.25, -0.2) is 0 Å². The molecule has 0 saturated heterocycles. The van der Waals surface area contributed by atoms with Crippen molar-refractivity contribution in [1.82, 2.24) is 10.2 Å². The summed E-state index contributed by atoms with van der Waals surface area (Å²) in [5.74, 6) is -0.892. The fraction of sp³-hybridized carbons (Fsp3) is 0.0909. The molecular formula is C11H8Br2N2O2.